The van der Waals surface area contributed by atoms with Gasteiger partial charge in [-0.1, -0.05) is 47.1 Å². The summed E-state index contributed by atoms with van der Waals surface area (Å²) < 4.78 is 1.60. The summed E-state index contributed by atoms with van der Waals surface area (Å²) in [7, 11) is 1.73. The summed E-state index contributed by atoms with van der Waals surface area (Å²) in [6, 6.07) is 11.6. The molecule has 1 fully saturated rings. The largest absolute Gasteiger partial charge is 0.337 e. The Morgan fingerprint density at radius 3 is 2.67 bits per heavy atom. The molecule has 0 spiro atoms. The number of hydrogen-bond acceptors (Lipinski definition) is 5. The van der Waals surface area contributed by atoms with Gasteiger partial charge in [-0.15, -0.1) is 0 Å². The molecule has 1 amide bonds. The number of fused-ring (bicyclic) bond motifs is 1. The van der Waals surface area contributed by atoms with Crippen LogP contribution in [-0.4, -0.2) is 44.1 Å². The monoisotopic (exact) mass is 567 g/mol. The van der Waals surface area contributed by atoms with Crippen molar-refractivity contribution in [2.24, 2.45) is 0 Å². The van der Waals surface area contributed by atoms with Crippen molar-refractivity contribution in [3.63, 3.8) is 0 Å². The minimum Gasteiger partial charge on any atom is -0.337 e. The van der Waals surface area contributed by atoms with Gasteiger partial charge in [0.25, 0.3) is 12.6 Å². The highest BCUT2D eigenvalue weighted by atomic mass is 35.5. The second-order valence-corrected chi connectivity index (χ2v) is 11.1. The zero-order chi connectivity index (χ0) is 27.5. The van der Waals surface area contributed by atoms with E-state index in [1.165, 1.54) is 32.1 Å². The lowest BCUT2D eigenvalue weighted by Crippen LogP contribution is -2.38. The Morgan fingerprint density at radius 1 is 1.13 bits per heavy atom. The minimum absolute atomic E-state index is 0.167. The molecular formula is C29H33Cl2N6O2+. The van der Waals surface area contributed by atoms with E-state index >= 15 is 0 Å². The van der Waals surface area contributed by atoms with Gasteiger partial charge in [0.05, 0.1) is 23.8 Å². The van der Waals surface area contributed by atoms with E-state index in [4.69, 9.17) is 33.2 Å². The van der Waals surface area contributed by atoms with Crippen LogP contribution in [0, 0.1) is 6.92 Å². The number of H-pyrrole nitrogens is 1. The number of carbonyl (C=O) groups is 1. The number of aliphatic hydroxyl groups excluding tert-OH is 1. The predicted octanol–water partition coefficient (Wildman–Crippen LogP) is 5.17. The van der Waals surface area contributed by atoms with Crippen molar-refractivity contribution in [2.75, 3.05) is 7.05 Å². The van der Waals surface area contributed by atoms with Gasteiger partial charge in [0.2, 0.25) is 5.69 Å². The average Bonchev–Trinajstić information content (AvgIpc) is 3.29. The molecule has 0 atom stereocenters. The number of aliphatic hydroxyl groups is 1. The smallest absolute Gasteiger partial charge is 0.273 e. The molecule has 4 aromatic rings. The molecule has 0 radical (unpaired) electrons. The molecule has 2 heterocycles. The van der Waals surface area contributed by atoms with E-state index in [9.17, 15) is 9.90 Å². The molecule has 2 aromatic carbocycles. The van der Waals surface area contributed by atoms with Crippen LogP contribution in [-0.2, 0) is 19.8 Å². The van der Waals surface area contributed by atoms with Crippen LogP contribution in [0.1, 0.15) is 59.4 Å². The summed E-state index contributed by atoms with van der Waals surface area (Å²) in [4.78, 5) is 24.9. The number of aromatic amines is 1. The first-order valence-electron chi connectivity index (χ1n) is 13.3. The number of benzene rings is 2. The molecule has 0 saturated heterocycles. The number of amides is 1. The minimum atomic E-state index is -0.261. The Morgan fingerprint density at radius 2 is 1.92 bits per heavy atom. The lowest BCUT2D eigenvalue weighted by atomic mass is 9.95. The molecule has 39 heavy (non-hydrogen) atoms. The van der Waals surface area contributed by atoms with E-state index in [1.807, 2.05) is 25.1 Å². The zero-order valence-electron chi connectivity index (χ0n) is 22.2. The van der Waals surface area contributed by atoms with Crippen LogP contribution in [0.4, 0.5) is 0 Å². The third-order valence-corrected chi connectivity index (χ3v) is 7.89. The Kier molecular flexibility index (Phi) is 8.47. The van der Waals surface area contributed by atoms with Crippen molar-refractivity contribution in [3.8, 4) is 11.4 Å². The molecule has 8 nitrogen and oxygen atoms in total. The summed E-state index contributed by atoms with van der Waals surface area (Å²) in [5.41, 5.74) is 4.43. The molecule has 2 aromatic heterocycles. The molecule has 0 unspecified atom stereocenters. The highest BCUT2D eigenvalue weighted by Gasteiger charge is 2.23. The molecule has 1 aliphatic rings. The summed E-state index contributed by atoms with van der Waals surface area (Å²) in [6.07, 6.45) is 8.03. The Hall–Kier alpha value is -3.04. The summed E-state index contributed by atoms with van der Waals surface area (Å²) in [5.74, 6) is 0.169. The van der Waals surface area contributed by atoms with E-state index < -0.39 is 0 Å². The molecular weight excluding hydrogens is 535 g/mol. The number of aromatic nitrogens is 4. The van der Waals surface area contributed by atoms with Crippen LogP contribution in [0.2, 0.25) is 10.0 Å². The van der Waals surface area contributed by atoms with Gasteiger partial charge in [-0.2, -0.15) is 5.10 Å². The van der Waals surface area contributed by atoms with E-state index in [-0.39, 0.29) is 18.3 Å². The second-order valence-electron chi connectivity index (χ2n) is 10.2. The fourth-order valence-corrected chi connectivity index (χ4v) is 5.62. The molecule has 0 bridgehead atoms. The standard InChI is InChI=1S/C29H32Cl2N6O2/c1-18-21(15-33-37(18)17-38)16-36(2)29(39)27-25-13-22(30)8-9-26(25)34-28(35-27)20-10-19(11-23(31)12-20)14-32-24-6-4-3-5-7-24/h8-13,15,24,32,38H,3-7,14,16-17H2,1-2H3/p+1. The molecule has 10 heteroatoms. The van der Waals surface area contributed by atoms with Crippen molar-refractivity contribution >= 4 is 40.0 Å². The number of nitrogens with one attached hydrogen (secondary N) is 2. The van der Waals surface area contributed by atoms with Crippen LogP contribution in [0.15, 0.2) is 42.6 Å². The van der Waals surface area contributed by atoms with Gasteiger partial charge in [-0.05, 0) is 54.8 Å². The maximum absolute atomic E-state index is 13.7. The summed E-state index contributed by atoms with van der Waals surface area (Å²) in [5, 5.41) is 17.8. The van der Waals surface area contributed by atoms with Gasteiger partial charge >= 0.3 is 0 Å². The van der Waals surface area contributed by atoms with Crippen molar-refractivity contribution in [2.45, 2.75) is 64.9 Å². The van der Waals surface area contributed by atoms with Gasteiger partial charge in [0.1, 0.15) is 5.69 Å². The van der Waals surface area contributed by atoms with Gasteiger partial charge in [0.15, 0.2) is 5.82 Å². The first-order chi connectivity index (χ1) is 18.8. The Balaban J connectivity index is 1.48. The van der Waals surface area contributed by atoms with Gasteiger partial charge < -0.3 is 15.3 Å². The first kappa shape index (κ1) is 27.5. The molecule has 1 saturated carbocycles. The normalized spacial score (nSPS) is 14.2. The van der Waals surface area contributed by atoms with Crippen LogP contribution in [0.25, 0.3) is 22.3 Å². The number of hydrogen-bond donors (Lipinski definition) is 3. The predicted molar refractivity (Wildman–Crippen MR) is 152 cm³/mol. The van der Waals surface area contributed by atoms with Crippen molar-refractivity contribution in [3.05, 3.63) is 75.2 Å². The second kappa shape index (κ2) is 12.0. The maximum Gasteiger partial charge on any atom is 0.273 e. The fraction of sp³-hybridized carbons (Fsp3) is 0.379. The third-order valence-electron chi connectivity index (χ3n) is 7.44. The van der Waals surface area contributed by atoms with Crippen molar-refractivity contribution in [1.82, 2.24) is 25.3 Å². The van der Waals surface area contributed by atoms with Crippen LogP contribution < -0.4 is 10.00 Å². The fourth-order valence-electron chi connectivity index (χ4n) is 5.19. The van der Waals surface area contributed by atoms with Crippen LogP contribution in [0.3, 0.4) is 0 Å². The Bertz CT molecular complexity index is 1500. The maximum atomic E-state index is 13.7. The van der Waals surface area contributed by atoms with E-state index in [2.05, 4.69) is 10.4 Å². The SMILES string of the molecule is Cc1c(CN(C)C(=O)c2nc(-c3cc(Cl)cc(CNC4CCCCC4)c3)nc3ccc(Cl)cc23)c[nH][n+]1CO. The molecule has 1 aliphatic carbocycles. The van der Waals surface area contributed by atoms with Gasteiger partial charge in [0, 0.05) is 47.6 Å². The van der Waals surface area contributed by atoms with E-state index in [1.54, 1.807) is 41.0 Å². The lowest BCUT2D eigenvalue weighted by Gasteiger charge is -2.23. The van der Waals surface area contributed by atoms with E-state index in [0.29, 0.717) is 45.9 Å². The lowest BCUT2D eigenvalue weighted by molar-refractivity contribution is -0.784. The van der Waals surface area contributed by atoms with Gasteiger partial charge in [-0.25, -0.2) is 9.97 Å². The number of nitrogens with zero attached hydrogens (tertiary/aromatic N) is 4. The molecule has 3 N–H and O–H groups in total. The van der Waals surface area contributed by atoms with Crippen molar-refractivity contribution < 1.29 is 14.6 Å². The first-order valence-corrected chi connectivity index (χ1v) is 14.0. The number of rotatable bonds is 8. The zero-order valence-corrected chi connectivity index (χ0v) is 23.7. The summed E-state index contributed by atoms with van der Waals surface area (Å²) >= 11 is 12.8. The topological polar surface area (TPSA) is 98.0 Å². The van der Waals surface area contributed by atoms with Gasteiger partial charge in [-0.3, -0.25) is 4.79 Å². The third kappa shape index (κ3) is 6.25. The summed E-state index contributed by atoms with van der Waals surface area (Å²) in [6.45, 7) is 2.77. The van der Waals surface area contributed by atoms with E-state index in [0.717, 1.165) is 22.4 Å². The van der Waals surface area contributed by atoms with Crippen LogP contribution >= 0.6 is 23.2 Å². The molecule has 204 valence electrons. The number of carbonyl (C=O) groups excluding carboxylic acids is 1. The average molecular weight is 569 g/mol. The molecule has 5 rings (SSSR count). The van der Waals surface area contributed by atoms with Crippen LogP contribution in [0.5, 0.6) is 0 Å². The highest BCUT2D eigenvalue weighted by Crippen LogP contribution is 2.28. The quantitative estimate of drug-likeness (QED) is 0.255. The highest BCUT2D eigenvalue weighted by molar-refractivity contribution is 6.31. The molecule has 0 aliphatic heterocycles. The number of halogens is 2. The van der Waals surface area contributed by atoms with Crippen molar-refractivity contribution in [1.29, 1.82) is 0 Å². The Labute approximate surface area is 238 Å².